The summed E-state index contributed by atoms with van der Waals surface area (Å²) < 4.78 is 45.0. The van der Waals surface area contributed by atoms with Gasteiger partial charge in [-0.1, -0.05) is 94.1 Å². The lowest BCUT2D eigenvalue weighted by Gasteiger charge is -2.71. The summed E-state index contributed by atoms with van der Waals surface area (Å²) in [6.45, 7) is 13.2. The topological polar surface area (TPSA) is 202 Å². The molecule has 3 aromatic carbocycles. The Balaban J connectivity index is 1.30. The molecule has 2 bridgehead atoms. The van der Waals surface area contributed by atoms with Gasteiger partial charge in [-0.2, -0.15) is 0 Å². The summed E-state index contributed by atoms with van der Waals surface area (Å²) in [5.74, 6) is -5.08. The first-order valence-corrected chi connectivity index (χ1v) is 21.8. The standard InChI is InChI=1S/C50H55NO14/c1-8-36-62-34-24-35-49(26-59-35,65-29(4)53)41-43(64-45(56)32-22-16-11-17-23-32)50(58)25-33(27(2)37(47(50,5)6)40(60-28(3)52)42(63-36)48(34,41)7)61-46(57)39(54)38(30-18-12-9-13-19-30)51-44(55)31-20-14-10-15-21-31/h8-23,33-36,38-43,54,58H,1,24-26H2,2-7H3,(H,51,55)/t33-,34-,35+,36-,38-,39-,40-,41-,42-,43-,48+,49-,50+/m0/s1. The number of aliphatic hydroxyl groups is 2. The highest BCUT2D eigenvalue weighted by molar-refractivity contribution is 5.95. The van der Waals surface area contributed by atoms with Crippen LogP contribution in [0.3, 0.4) is 0 Å². The van der Waals surface area contributed by atoms with Crippen molar-refractivity contribution < 1.29 is 67.3 Å². The molecule has 15 heteroatoms. The molecule has 3 N–H and O–H groups in total. The van der Waals surface area contributed by atoms with Crippen molar-refractivity contribution in [3.05, 3.63) is 131 Å². The summed E-state index contributed by atoms with van der Waals surface area (Å²) in [6.07, 6.45) is -8.88. The smallest absolute Gasteiger partial charge is 0.338 e. The quantitative estimate of drug-likeness (QED) is 0.130. The van der Waals surface area contributed by atoms with Crippen LogP contribution in [0.15, 0.2) is 115 Å². The molecule has 1 amide bonds. The van der Waals surface area contributed by atoms with Crippen LogP contribution in [0.5, 0.6) is 0 Å². The van der Waals surface area contributed by atoms with Crippen LogP contribution < -0.4 is 5.32 Å². The zero-order chi connectivity index (χ0) is 46.6. The molecule has 8 rings (SSSR count). The van der Waals surface area contributed by atoms with Gasteiger partial charge in [0.1, 0.15) is 30.0 Å². The molecule has 344 valence electrons. The number of fused-ring (bicyclic) bond motifs is 4. The van der Waals surface area contributed by atoms with Crippen LogP contribution in [-0.2, 0) is 47.5 Å². The molecule has 0 spiro atoms. The Kier molecular flexibility index (Phi) is 12.2. The summed E-state index contributed by atoms with van der Waals surface area (Å²) in [5.41, 5.74) is -5.17. The van der Waals surface area contributed by atoms with Crippen molar-refractivity contribution in [2.24, 2.45) is 16.7 Å². The van der Waals surface area contributed by atoms with Gasteiger partial charge in [0.2, 0.25) is 0 Å². The van der Waals surface area contributed by atoms with Gasteiger partial charge in [0.05, 0.1) is 30.2 Å². The van der Waals surface area contributed by atoms with E-state index in [1.165, 1.54) is 19.9 Å². The van der Waals surface area contributed by atoms with E-state index in [0.29, 0.717) is 16.7 Å². The van der Waals surface area contributed by atoms with E-state index in [-0.39, 0.29) is 24.2 Å². The Morgan fingerprint density at radius 2 is 1.45 bits per heavy atom. The summed E-state index contributed by atoms with van der Waals surface area (Å²) in [4.78, 5) is 69.2. The Bertz CT molecular complexity index is 2370. The van der Waals surface area contributed by atoms with E-state index in [2.05, 4.69) is 11.9 Å². The summed E-state index contributed by atoms with van der Waals surface area (Å²) >= 11 is 0. The van der Waals surface area contributed by atoms with Crippen molar-refractivity contribution in [2.45, 2.75) is 121 Å². The number of nitrogens with one attached hydrogen (secondary N) is 1. The fourth-order valence-corrected chi connectivity index (χ4v) is 11.2. The Morgan fingerprint density at radius 3 is 2.02 bits per heavy atom. The molecule has 0 radical (unpaired) electrons. The predicted octanol–water partition coefficient (Wildman–Crippen LogP) is 5.10. The molecule has 3 aliphatic carbocycles. The number of esters is 4. The monoisotopic (exact) mass is 893 g/mol. The zero-order valence-electron chi connectivity index (χ0n) is 37.1. The zero-order valence-corrected chi connectivity index (χ0v) is 37.1. The molecular weight excluding hydrogens is 839 g/mol. The maximum absolute atomic E-state index is 14.5. The van der Waals surface area contributed by atoms with Gasteiger partial charge in [0, 0.05) is 43.1 Å². The molecule has 3 aromatic rings. The van der Waals surface area contributed by atoms with E-state index in [4.69, 9.17) is 33.2 Å². The predicted molar refractivity (Wildman–Crippen MR) is 230 cm³/mol. The van der Waals surface area contributed by atoms with Crippen LogP contribution in [-0.4, -0.2) is 107 Å². The first-order valence-electron chi connectivity index (χ1n) is 21.8. The average Bonchev–Trinajstić information content (AvgIpc) is 3.27. The Morgan fingerprint density at radius 1 is 0.831 bits per heavy atom. The number of carbonyl (C=O) groups excluding carboxylic acids is 5. The minimum atomic E-state index is -2.25. The molecule has 2 heterocycles. The second-order valence-electron chi connectivity index (χ2n) is 18.4. The minimum Gasteiger partial charge on any atom is -0.456 e. The third-order valence-electron chi connectivity index (χ3n) is 14.4. The molecular formula is C50H55NO14. The molecule has 0 aromatic heterocycles. The second-order valence-corrected chi connectivity index (χ2v) is 18.4. The van der Waals surface area contributed by atoms with Crippen molar-refractivity contribution in [2.75, 3.05) is 6.61 Å². The van der Waals surface area contributed by atoms with Crippen molar-refractivity contribution in [1.29, 1.82) is 0 Å². The van der Waals surface area contributed by atoms with Crippen LogP contribution in [0.4, 0.5) is 0 Å². The number of aliphatic hydroxyl groups excluding tert-OH is 1. The van der Waals surface area contributed by atoms with Crippen LogP contribution in [0, 0.1) is 16.7 Å². The molecule has 2 aliphatic heterocycles. The Hall–Kier alpha value is -5.71. The highest BCUT2D eigenvalue weighted by Crippen LogP contribution is 2.67. The maximum atomic E-state index is 14.5. The van der Waals surface area contributed by atoms with E-state index in [9.17, 15) is 34.2 Å². The first kappa shape index (κ1) is 45.8. The number of carbonyl (C=O) groups is 5. The molecule has 65 heavy (non-hydrogen) atoms. The van der Waals surface area contributed by atoms with Crippen molar-refractivity contribution in [1.82, 2.24) is 5.32 Å². The summed E-state index contributed by atoms with van der Waals surface area (Å²) in [7, 11) is 0. The van der Waals surface area contributed by atoms with Crippen molar-refractivity contribution in [3.8, 4) is 0 Å². The molecule has 0 unspecified atom stereocenters. The van der Waals surface area contributed by atoms with Crippen LogP contribution >= 0.6 is 0 Å². The fraction of sp³-hybridized carbons (Fsp3) is 0.460. The Labute approximate surface area is 377 Å². The van der Waals surface area contributed by atoms with E-state index in [1.807, 2.05) is 6.92 Å². The molecule has 4 fully saturated rings. The molecule has 13 atom stereocenters. The molecule has 5 aliphatic rings. The van der Waals surface area contributed by atoms with Gasteiger partial charge in [-0.25, -0.2) is 9.59 Å². The van der Waals surface area contributed by atoms with E-state index >= 15 is 0 Å². The maximum Gasteiger partial charge on any atom is 0.338 e. The van der Waals surface area contributed by atoms with E-state index < -0.39 is 119 Å². The van der Waals surface area contributed by atoms with Crippen LogP contribution in [0.25, 0.3) is 0 Å². The number of benzene rings is 3. The summed E-state index contributed by atoms with van der Waals surface area (Å²) in [6, 6.07) is 23.6. The number of amides is 1. The largest absolute Gasteiger partial charge is 0.456 e. The van der Waals surface area contributed by atoms with E-state index in [0.717, 1.165) is 0 Å². The first-order chi connectivity index (χ1) is 30.9. The normalized spacial score (nSPS) is 34.0. The summed E-state index contributed by atoms with van der Waals surface area (Å²) in [5, 5.41) is 28.7. The van der Waals surface area contributed by atoms with Gasteiger partial charge in [-0.15, -0.1) is 0 Å². The lowest BCUT2D eigenvalue weighted by molar-refractivity contribution is -0.405. The number of hydrogen-bond donors (Lipinski definition) is 3. The number of hydrogen-bond acceptors (Lipinski definition) is 14. The lowest BCUT2D eigenvalue weighted by atomic mass is 9.44. The van der Waals surface area contributed by atoms with Crippen LogP contribution in [0.1, 0.15) is 86.7 Å². The molecule has 2 saturated heterocycles. The lowest BCUT2D eigenvalue weighted by Crippen LogP contribution is -2.83. The van der Waals surface area contributed by atoms with Crippen LogP contribution in [0.2, 0.25) is 0 Å². The number of ether oxygens (including phenoxy) is 7. The minimum absolute atomic E-state index is 0.155. The van der Waals surface area contributed by atoms with E-state index in [1.54, 1.807) is 112 Å². The third-order valence-corrected chi connectivity index (χ3v) is 14.4. The average molecular weight is 894 g/mol. The molecule has 15 nitrogen and oxygen atoms in total. The number of rotatable bonds is 11. The SMILES string of the molecule is C=C[C@H]1O[C@H]2C[C@H]3OC[C@@]3(OC(C)=O)[C@H]3[C@H](OC(=O)c4ccccc4)[C@]4(O)C[C@H](OC(=O)[C@@H](O)[C@@H](NC(=O)c5ccccc5)c5ccccc5)C(C)=C([C@H](OC(C)=O)[C@H](O1)[C@]23C)C4(C)C. The highest BCUT2D eigenvalue weighted by Gasteiger charge is 2.79. The third kappa shape index (κ3) is 7.66. The van der Waals surface area contributed by atoms with Crippen molar-refractivity contribution in [3.63, 3.8) is 0 Å². The van der Waals surface area contributed by atoms with Gasteiger partial charge < -0.3 is 48.7 Å². The molecule has 2 saturated carbocycles. The van der Waals surface area contributed by atoms with Gasteiger partial charge in [0.25, 0.3) is 5.91 Å². The van der Waals surface area contributed by atoms with Crippen molar-refractivity contribution >= 4 is 29.8 Å². The second kappa shape index (κ2) is 17.3. The van der Waals surface area contributed by atoms with Gasteiger partial charge in [0.15, 0.2) is 24.1 Å². The van der Waals surface area contributed by atoms with Gasteiger partial charge in [-0.05, 0) is 54.0 Å². The highest BCUT2D eigenvalue weighted by atomic mass is 16.7. The fourth-order valence-electron chi connectivity index (χ4n) is 11.2. The van der Waals surface area contributed by atoms with Gasteiger partial charge in [-0.3, -0.25) is 14.4 Å². The van der Waals surface area contributed by atoms with Gasteiger partial charge >= 0.3 is 23.9 Å².